The molecule has 0 unspecified atom stereocenters. The molecule has 1 aliphatic heterocycles. The summed E-state index contributed by atoms with van der Waals surface area (Å²) in [6, 6.07) is 5.66. The summed E-state index contributed by atoms with van der Waals surface area (Å²) in [5, 5.41) is 0. The molecule has 20 heavy (non-hydrogen) atoms. The summed E-state index contributed by atoms with van der Waals surface area (Å²) in [6.45, 7) is 6.24. The molecular formula is C17H22N2O. The molecular weight excluding hydrogens is 248 g/mol. The Hall–Kier alpha value is -1.79. The van der Waals surface area contributed by atoms with Gasteiger partial charge in [0.2, 0.25) is 5.91 Å². The number of amides is 1. The first-order valence-electron chi connectivity index (χ1n) is 6.97. The van der Waals surface area contributed by atoms with E-state index in [1.807, 2.05) is 12.1 Å². The summed E-state index contributed by atoms with van der Waals surface area (Å²) in [6.07, 6.45) is 1.53. The van der Waals surface area contributed by atoms with Gasteiger partial charge in [0, 0.05) is 23.7 Å². The fourth-order valence-corrected chi connectivity index (χ4v) is 2.23. The predicted octanol–water partition coefficient (Wildman–Crippen LogP) is 2.32. The van der Waals surface area contributed by atoms with Gasteiger partial charge in [-0.2, -0.15) is 0 Å². The molecule has 0 aromatic heterocycles. The van der Waals surface area contributed by atoms with Crippen molar-refractivity contribution in [3.05, 3.63) is 29.3 Å². The Bertz CT molecular complexity index is 587. The van der Waals surface area contributed by atoms with Gasteiger partial charge in [-0.3, -0.25) is 4.79 Å². The molecule has 1 aromatic rings. The van der Waals surface area contributed by atoms with Gasteiger partial charge >= 0.3 is 0 Å². The molecule has 1 aliphatic rings. The van der Waals surface area contributed by atoms with Gasteiger partial charge in [0.25, 0.3) is 0 Å². The number of carbonyl (C=O) groups excluding carboxylic acids is 1. The smallest absolute Gasteiger partial charge is 0.243 e. The van der Waals surface area contributed by atoms with Crippen LogP contribution in [0, 0.1) is 17.3 Å². The van der Waals surface area contributed by atoms with Crippen molar-refractivity contribution in [1.29, 1.82) is 0 Å². The molecule has 0 spiro atoms. The molecule has 0 saturated carbocycles. The van der Waals surface area contributed by atoms with Gasteiger partial charge < -0.3 is 10.6 Å². The summed E-state index contributed by atoms with van der Waals surface area (Å²) >= 11 is 0. The third-order valence-corrected chi connectivity index (χ3v) is 3.40. The zero-order valence-corrected chi connectivity index (χ0v) is 12.7. The minimum atomic E-state index is -0.406. The molecule has 1 amide bonds. The van der Waals surface area contributed by atoms with Crippen molar-refractivity contribution in [3.63, 3.8) is 0 Å². The number of nitrogens with two attached hydrogens (primary N) is 1. The van der Waals surface area contributed by atoms with E-state index in [1.165, 1.54) is 0 Å². The molecule has 0 aliphatic carbocycles. The Balaban J connectivity index is 2.40. The van der Waals surface area contributed by atoms with E-state index in [0.717, 1.165) is 23.2 Å². The highest BCUT2D eigenvalue weighted by molar-refractivity contribution is 5.98. The number of hydrogen-bond acceptors (Lipinski definition) is 2. The second-order valence-electron chi connectivity index (χ2n) is 6.39. The fraction of sp³-hybridized carbons (Fsp3) is 0.471. The van der Waals surface area contributed by atoms with Crippen molar-refractivity contribution in [2.75, 3.05) is 11.9 Å². The van der Waals surface area contributed by atoms with Gasteiger partial charge in [-0.05, 0) is 51.3 Å². The number of benzene rings is 1. The van der Waals surface area contributed by atoms with E-state index < -0.39 is 6.04 Å². The number of rotatable bonds is 0. The Labute approximate surface area is 121 Å². The number of likely N-dealkylation sites (N-methyl/N-ethyl adjacent to an activating group) is 1. The molecule has 0 saturated heterocycles. The topological polar surface area (TPSA) is 46.3 Å². The summed E-state index contributed by atoms with van der Waals surface area (Å²) < 4.78 is 0. The molecule has 1 heterocycles. The van der Waals surface area contributed by atoms with Crippen LogP contribution in [-0.2, 0) is 11.2 Å². The Kier molecular flexibility index (Phi) is 3.87. The van der Waals surface area contributed by atoms with Crippen LogP contribution in [0.4, 0.5) is 5.69 Å². The molecule has 2 rings (SSSR count). The highest BCUT2D eigenvalue weighted by Crippen LogP contribution is 2.26. The number of carbonyl (C=O) groups is 1. The van der Waals surface area contributed by atoms with Crippen molar-refractivity contribution in [2.45, 2.75) is 39.7 Å². The zero-order valence-electron chi connectivity index (χ0n) is 12.7. The molecule has 0 bridgehead atoms. The number of hydrogen-bond donors (Lipinski definition) is 1. The first-order chi connectivity index (χ1) is 9.28. The maximum Gasteiger partial charge on any atom is 0.243 e. The van der Waals surface area contributed by atoms with Gasteiger partial charge in [-0.15, -0.1) is 0 Å². The van der Waals surface area contributed by atoms with Gasteiger partial charge in [-0.25, -0.2) is 0 Å². The number of fused-ring (bicyclic) bond motifs is 1. The summed E-state index contributed by atoms with van der Waals surface area (Å²) in [7, 11) is 1.79. The Morgan fingerprint density at radius 1 is 1.35 bits per heavy atom. The van der Waals surface area contributed by atoms with E-state index in [1.54, 1.807) is 11.9 Å². The van der Waals surface area contributed by atoms with Gasteiger partial charge in [0.05, 0.1) is 6.04 Å². The second kappa shape index (κ2) is 5.30. The first kappa shape index (κ1) is 14.6. The summed E-state index contributed by atoms with van der Waals surface area (Å²) in [5.74, 6) is 6.38. The van der Waals surface area contributed by atoms with E-state index in [2.05, 4.69) is 38.7 Å². The van der Waals surface area contributed by atoms with Crippen LogP contribution in [0.1, 0.15) is 38.3 Å². The lowest BCUT2D eigenvalue weighted by Gasteiger charge is -2.19. The first-order valence-corrected chi connectivity index (χ1v) is 6.97. The molecule has 0 radical (unpaired) electrons. The predicted molar refractivity (Wildman–Crippen MR) is 82.5 cm³/mol. The van der Waals surface area contributed by atoms with E-state index in [9.17, 15) is 4.79 Å². The van der Waals surface area contributed by atoms with Gasteiger partial charge in [0.1, 0.15) is 0 Å². The third kappa shape index (κ3) is 3.20. The molecule has 0 fully saturated rings. The molecule has 3 nitrogen and oxygen atoms in total. The van der Waals surface area contributed by atoms with Crippen LogP contribution in [0.25, 0.3) is 0 Å². The van der Waals surface area contributed by atoms with Crippen molar-refractivity contribution in [2.24, 2.45) is 11.1 Å². The quantitative estimate of drug-likeness (QED) is 0.735. The lowest BCUT2D eigenvalue weighted by molar-refractivity contribution is -0.119. The molecule has 1 atom stereocenters. The van der Waals surface area contributed by atoms with Crippen LogP contribution < -0.4 is 10.6 Å². The average Bonchev–Trinajstić information content (AvgIpc) is 2.49. The zero-order chi connectivity index (χ0) is 14.9. The summed E-state index contributed by atoms with van der Waals surface area (Å²) in [5.41, 5.74) is 8.89. The lowest BCUT2D eigenvalue weighted by Crippen LogP contribution is -2.40. The van der Waals surface area contributed by atoms with E-state index in [0.29, 0.717) is 6.42 Å². The van der Waals surface area contributed by atoms with E-state index >= 15 is 0 Å². The Morgan fingerprint density at radius 3 is 2.70 bits per heavy atom. The fourth-order valence-electron chi connectivity index (χ4n) is 2.23. The third-order valence-electron chi connectivity index (χ3n) is 3.40. The average molecular weight is 270 g/mol. The van der Waals surface area contributed by atoms with E-state index in [4.69, 9.17) is 5.73 Å². The maximum atomic E-state index is 12.1. The highest BCUT2D eigenvalue weighted by Gasteiger charge is 2.25. The monoisotopic (exact) mass is 270 g/mol. The second-order valence-corrected chi connectivity index (χ2v) is 6.39. The van der Waals surface area contributed by atoms with Crippen LogP contribution in [0.15, 0.2) is 18.2 Å². The Morgan fingerprint density at radius 2 is 2.05 bits per heavy atom. The van der Waals surface area contributed by atoms with Crippen LogP contribution in [0.3, 0.4) is 0 Å². The van der Waals surface area contributed by atoms with Crippen molar-refractivity contribution in [3.8, 4) is 11.8 Å². The molecule has 1 aromatic carbocycles. The van der Waals surface area contributed by atoms with Crippen molar-refractivity contribution < 1.29 is 4.79 Å². The minimum absolute atomic E-state index is 0.0234. The van der Waals surface area contributed by atoms with Crippen LogP contribution >= 0.6 is 0 Å². The highest BCUT2D eigenvalue weighted by atomic mass is 16.2. The SMILES string of the molecule is CN1C(=O)[C@@H](N)CCc2ccc(C#CC(C)(C)C)cc21. The summed E-state index contributed by atoms with van der Waals surface area (Å²) in [4.78, 5) is 13.8. The molecule has 106 valence electrons. The number of aryl methyl sites for hydroxylation is 1. The number of anilines is 1. The number of nitrogens with zero attached hydrogens (tertiary/aromatic N) is 1. The maximum absolute atomic E-state index is 12.1. The van der Waals surface area contributed by atoms with E-state index in [-0.39, 0.29) is 11.3 Å². The van der Waals surface area contributed by atoms with Crippen LogP contribution in [0.5, 0.6) is 0 Å². The lowest BCUT2D eigenvalue weighted by atomic mass is 9.97. The van der Waals surface area contributed by atoms with Gasteiger partial charge in [-0.1, -0.05) is 17.9 Å². The van der Waals surface area contributed by atoms with Crippen LogP contribution in [-0.4, -0.2) is 19.0 Å². The van der Waals surface area contributed by atoms with Crippen molar-refractivity contribution in [1.82, 2.24) is 0 Å². The van der Waals surface area contributed by atoms with Crippen molar-refractivity contribution >= 4 is 11.6 Å². The largest absolute Gasteiger partial charge is 0.320 e. The standard InChI is InChI=1S/C17H22N2O/c1-17(2,3)10-9-12-5-6-13-7-8-14(18)16(20)19(4)15(13)11-12/h5-6,11,14H,7-8,18H2,1-4H3/t14-/m0/s1. The van der Waals surface area contributed by atoms with Gasteiger partial charge in [0.15, 0.2) is 0 Å². The normalized spacial score (nSPS) is 18.9. The van der Waals surface area contributed by atoms with Crippen LogP contribution in [0.2, 0.25) is 0 Å². The minimum Gasteiger partial charge on any atom is -0.320 e. The molecule has 3 heteroatoms. The molecule has 2 N–H and O–H groups in total.